The molecule has 15 nitrogen and oxygen atoms in total. The van der Waals surface area contributed by atoms with E-state index in [9.17, 15) is 33.6 Å². The van der Waals surface area contributed by atoms with Crippen molar-refractivity contribution in [3.63, 3.8) is 0 Å². The molecule has 0 radical (unpaired) electrons. The number of benzene rings is 1. The van der Waals surface area contributed by atoms with Crippen LogP contribution in [0.5, 0.6) is 0 Å². The minimum atomic E-state index is -1.36. The van der Waals surface area contributed by atoms with Gasteiger partial charge in [-0.05, 0) is 36.7 Å². The average molecular weight is 687 g/mol. The number of amides is 6. The molecular formula is C34H50N6O9. The van der Waals surface area contributed by atoms with Crippen molar-refractivity contribution in [2.75, 3.05) is 34.0 Å². The van der Waals surface area contributed by atoms with Crippen molar-refractivity contribution in [3.05, 3.63) is 35.9 Å². The number of carbonyl (C=O) groups excluding carboxylic acids is 7. The number of hydrogen-bond acceptors (Lipinski definition) is 9. The Morgan fingerprint density at radius 2 is 1.63 bits per heavy atom. The Morgan fingerprint density at radius 1 is 0.959 bits per heavy atom. The molecule has 1 aliphatic heterocycles. The first kappa shape index (κ1) is 38.9. The van der Waals surface area contributed by atoms with Gasteiger partial charge in [0.1, 0.15) is 18.8 Å². The van der Waals surface area contributed by atoms with Gasteiger partial charge in [0, 0.05) is 14.1 Å². The van der Waals surface area contributed by atoms with Crippen molar-refractivity contribution in [1.29, 1.82) is 0 Å². The summed E-state index contributed by atoms with van der Waals surface area (Å²) in [6.07, 6.45) is 2.75. The minimum Gasteiger partial charge on any atom is -0.449 e. The number of ketones is 1. The van der Waals surface area contributed by atoms with Crippen molar-refractivity contribution in [2.45, 2.75) is 90.1 Å². The molecule has 4 N–H and O–H groups in total. The second-order valence-corrected chi connectivity index (χ2v) is 13.0. The normalized spacial score (nSPS) is 17.8. The zero-order chi connectivity index (χ0) is 36.1. The number of hydrogen-bond donors (Lipinski definition) is 4. The number of Topliss-reactive ketones (excluding diaryl/α,β-unsaturated/α-hetero) is 1. The highest BCUT2D eigenvalue weighted by molar-refractivity contribution is 6.38. The smallest absolute Gasteiger partial charge is 0.407 e. The molecule has 0 spiro atoms. The summed E-state index contributed by atoms with van der Waals surface area (Å²) < 4.78 is 10.7. The van der Waals surface area contributed by atoms with E-state index in [0.717, 1.165) is 32.1 Å². The van der Waals surface area contributed by atoms with Gasteiger partial charge in [0.15, 0.2) is 0 Å². The van der Waals surface area contributed by atoms with Crippen LogP contribution in [0.2, 0.25) is 0 Å². The quantitative estimate of drug-likeness (QED) is 0.186. The molecule has 270 valence electrons. The maximum atomic E-state index is 13.7. The van der Waals surface area contributed by atoms with Crippen LogP contribution in [0.4, 0.5) is 4.79 Å². The standard InChI is InChI=1S/C34H50N6O9/c1-6-13-24(28(42)29(43)35-18-25(41)37-26(31(45)39(4)5)22-14-9-7-10-15-22)36-30(44)33-40(20-49-33)32(46)27(23-16-11-8-12-17-23)38-34(47)48-19-21(2)3/h7,9-10,14-15,21,23-24,26-27,33H,6,8,11-13,16-20H2,1-5H3,(H,35,43)(H,36,44)(H,37,41)(H,38,47)/t24-,26+,27+,33+/m1/s1. The molecule has 3 rings (SSSR count). The summed E-state index contributed by atoms with van der Waals surface area (Å²) in [5, 5.41) is 10.1. The summed E-state index contributed by atoms with van der Waals surface area (Å²) >= 11 is 0. The molecule has 1 heterocycles. The van der Waals surface area contributed by atoms with E-state index in [4.69, 9.17) is 9.47 Å². The number of alkyl carbamates (subject to hydrolysis) is 1. The lowest BCUT2D eigenvalue weighted by Gasteiger charge is -2.43. The molecule has 2 fully saturated rings. The summed E-state index contributed by atoms with van der Waals surface area (Å²) in [6.45, 7) is 4.96. The lowest BCUT2D eigenvalue weighted by atomic mass is 9.83. The predicted molar refractivity (Wildman–Crippen MR) is 177 cm³/mol. The van der Waals surface area contributed by atoms with Gasteiger partial charge >= 0.3 is 6.09 Å². The number of ether oxygens (including phenoxy) is 2. The maximum Gasteiger partial charge on any atom is 0.407 e. The molecule has 2 aliphatic rings. The van der Waals surface area contributed by atoms with E-state index in [1.807, 2.05) is 13.8 Å². The van der Waals surface area contributed by atoms with Crippen LogP contribution in [0.1, 0.15) is 77.3 Å². The predicted octanol–water partition coefficient (Wildman–Crippen LogP) is 1.38. The van der Waals surface area contributed by atoms with E-state index in [-0.39, 0.29) is 37.5 Å². The highest BCUT2D eigenvalue weighted by Crippen LogP contribution is 2.29. The molecule has 1 saturated heterocycles. The fourth-order valence-electron chi connectivity index (χ4n) is 5.67. The third kappa shape index (κ3) is 11.3. The molecule has 0 unspecified atom stereocenters. The number of nitrogens with one attached hydrogen (secondary N) is 4. The second-order valence-electron chi connectivity index (χ2n) is 13.0. The van der Waals surface area contributed by atoms with Crippen molar-refractivity contribution >= 4 is 41.4 Å². The number of nitrogens with zero attached hydrogens (tertiary/aromatic N) is 2. The lowest BCUT2D eigenvalue weighted by molar-refractivity contribution is -0.221. The Bertz CT molecular complexity index is 1330. The zero-order valence-electron chi connectivity index (χ0n) is 29.0. The van der Waals surface area contributed by atoms with E-state index in [2.05, 4.69) is 21.3 Å². The molecule has 0 aromatic heterocycles. The Balaban J connectivity index is 1.60. The molecule has 1 aromatic carbocycles. The van der Waals surface area contributed by atoms with E-state index >= 15 is 0 Å². The van der Waals surface area contributed by atoms with Gasteiger partial charge in [-0.15, -0.1) is 0 Å². The van der Waals surface area contributed by atoms with Gasteiger partial charge in [0.2, 0.25) is 29.7 Å². The maximum absolute atomic E-state index is 13.7. The van der Waals surface area contributed by atoms with Crippen molar-refractivity contribution in [2.24, 2.45) is 11.8 Å². The monoisotopic (exact) mass is 686 g/mol. The number of rotatable bonds is 16. The third-order valence-electron chi connectivity index (χ3n) is 8.34. The van der Waals surface area contributed by atoms with Crippen LogP contribution >= 0.6 is 0 Å². The van der Waals surface area contributed by atoms with Gasteiger partial charge in [-0.3, -0.25) is 33.7 Å². The van der Waals surface area contributed by atoms with Gasteiger partial charge in [0.05, 0.1) is 19.2 Å². The second kappa shape index (κ2) is 18.9. The Morgan fingerprint density at radius 3 is 2.20 bits per heavy atom. The summed E-state index contributed by atoms with van der Waals surface area (Å²) in [6, 6.07) is 5.40. The SMILES string of the molecule is CCC[C@@H](NC(=O)[C@@H]1OCN1C(=O)[C@@H](NC(=O)OCC(C)C)C1CCCCC1)C(=O)C(=O)NCC(=O)N[C@H](C(=O)N(C)C)c1ccccc1. The Kier molecular flexibility index (Phi) is 15.0. The van der Waals surface area contributed by atoms with Crippen LogP contribution in [0, 0.1) is 11.8 Å². The van der Waals surface area contributed by atoms with Crippen molar-refractivity contribution in [1.82, 2.24) is 31.1 Å². The van der Waals surface area contributed by atoms with Crippen molar-refractivity contribution < 1.29 is 43.0 Å². The molecule has 0 bridgehead atoms. The Labute approximate surface area is 287 Å². The average Bonchev–Trinajstić information content (AvgIpc) is 3.06. The first-order valence-electron chi connectivity index (χ1n) is 16.9. The third-order valence-corrected chi connectivity index (χ3v) is 8.34. The molecular weight excluding hydrogens is 636 g/mol. The molecule has 6 amide bonds. The van der Waals surface area contributed by atoms with Crippen LogP contribution in [0.3, 0.4) is 0 Å². The first-order valence-corrected chi connectivity index (χ1v) is 16.9. The van der Waals surface area contributed by atoms with Gasteiger partial charge in [-0.25, -0.2) is 4.79 Å². The molecule has 1 aromatic rings. The van der Waals surface area contributed by atoms with Gasteiger partial charge in [-0.2, -0.15) is 0 Å². The zero-order valence-corrected chi connectivity index (χ0v) is 29.0. The van der Waals surface area contributed by atoms with Crippen LogP contribution < -0.4 is 21.3 Å². The number of likely N-dealkylation sites (N-methyl/N-ethyl adjacent to an activating group) is 1. The van der Waals surface area contributed by atoms with E-state index in [0.29, 0.717) is 12.0 Å². The van der Waals surface area contributed by atoms with Crippen LogP contribution in [0.25, 0.3) is 0 Å². The summed E-state index contributed by atoms with van der Waals surface area (Å²) in [4.78, 5) is 93.4. The Hall–Kier alpha value is -4.53. The fourth-order valence-corrected chi connectivity index (χ4v) is 5.67. The molecule has 15 heteroatoms. The summed E-state index contributed by atoms with van der Waals surface area (Å²) in [5.41, 5.74) is 0.542. The highest BCUT2D eigenvalue weighted by atomic mass is 16.6. The largest absolute Gasteiger partial charge is 0.449 e. The van der Waals surface area contributed by atoms with Gasteiger partial charge in [0.25, 0.3) is 11.8 Å². The summed E-state index contributed by atoms with van der Waals surface area (Å²) in [7, 11) is 3.10. The minimum absolute atomic E-state index is 0.103. The molecule has 1 saturated carbocycles. The van der Waals surface area contributed by atoms with Crippen LogP contribution in [0.15, 0.2) is 30.3 Å². The van der Waals surface area contributed by atoms with Gasteiger partial charge in [-0.1, -0.05) is 76.8 Å². The van der Waals surface area contributed by atoms with Crippen LogP contribution in [-0.2, 0) is 38.2 Å². The summed E-state index contributed by atoms with van der Waals surface area (Å²) in [5.74, 6) is -4.51. The van der Waals surface area contributed by atoms with E-state index in [1.54, 1.807) is 51.4 Å². The highest BCUT2D eigenvalue weighted by Gasteiger charge is 2.45. The van der Waals surface area contributed by atoms with E-state index in [1.165, 1.54) is 9.80 Å². The van der Waals surface area contributed by atoms with Gasteiger partial charge < -0.3 is 35.6 Å². The van der Waals surface area contributed by atoms with E-state index < -0.39 is 66.4 Å². The molecule has 49 heavy (non-hydrogen) atoms. The molecule has 1 aliphatic carbocycles. The topological polar surface area (TPSA) is 193 Å². The molecule has 4 atom stereocenters. The number of carbonyl (C=O) groups is 7. The first-order chi connectivity index (χ1) is 23.3. The lowest BCUT2D eigenvalue weighted by Crippen LogP contribution is -2.66. The van der Waals surface area contributed by atoms with Crippen LogP contribution in [-0.4, -0.2) is 104 Å². The van der Waals surface area contributed by atoms with Crippen molar-refractivity contribution in [3.8, 4) is 0 Å². The fraction of sp³-hybridized carbons (Fsp3) is 0.618.